The summed E-state index contributed by atoms with van der Waals surface area (Å²) in [4.78, 5) is 2.21. The van der Waals surface area contributed by atoms with Gasteiger partial charge >= 0.3 is 0 Å². The number of nitrogens with zero attached hydrogens (tertiary/aromatic N) is 2. The topological polar surface area (TPSA) is 61.8 Å². The lowest BCUT2D eigenvalue weighted by Crippen LogP contribution is -2.22. The Morgan fingerprint density at radius 1 is 1.05 bits per heavy atom. The van der Waals surface area contributed by atoms with E-state index in [0.717, 1.165) is 24.2 Å². The van der Waals surface area contributed by atoms with Crippen LogP contribution in [0.15, 0.2) is 53.7 Å². The Kier molecular flexibility index (Phi) is 4.95. The van der Waals surface area contributed by atoms with Crippen molar-refractivity contribution in [2.75, 3.05) is 7.05 Å². The Hall–Kier alpha value is -2.33. The molecule has 0 atom stereocenters. The van der Waals surface area contributed by atoms with Crippen molar-refractivity contribution in [3.05, 3.63) is 70.8 Å². The summed E-state index contributed by atoms with van der Waals surface area (Å²) < 4.78 is 0. The van der Waals surface area contributed by atoms with E-state index in [0.29, 0.717) is 0 Å². The number of amidine groups is 1. The second kappa shape index (κ2) is 6.90. The summed E-state index contributed by atoms with van der Waals surface area (Å²) in [5, 5.41) is 12.0. The van der Waals surface area contributed by atoms with Crippen molar-refractivity contribution < 1.29 is 5.21 Å². The van der Waals surface area contributed by atoms with Crippen LogP contribution in [-0.4, -0.2) is 23.0 Å². The van der Waals surface area contributed by atoms with E-state index < -0.39 is 0 Å². The molecule has 3 N–H and O–H groups in total. The van der Waals surface area contributed by atoms with Crippen LogP contribution in [0, 0.1) is 6.92 Å². The van der Waals surface area contributed by atoms with Crippen molar-refractivity contribution in [2.24, 2.45) is 10.9 Å². The summed E-state index contributed by atoms with van der Waals surface area (Å²) in [6, 6.07) is 16.1. The van der Waals surface area contributed by atoms with Gasteiger partial charge in [-0.25, -0.2) is 0 Å². The van der Waals surface area contributed by atoms with Gasteiger partial charge in [0, 0.05) is 18.7 Å². The minimum Gasteiger partial charge on any atom is -0.409 e. The van der Waals surface area contributed by atoms with Gasteiger partial charge in [0.25, 0.3) is 0 Å². The Bertz CT molecular complexity index is 637. The van der Waals surface area contributed by atoms with Gasteiger partial charge in [0.05, 0.1) is 0 Å². The SMILES string of the molecule is Cc1ccccc1CN(C)Cc1ccccc1C(N)=NO. The number of rotatable bonds is 5. The summed E-state index contributed by atoms with van der Waals surface area (Å²) in [6.07, 6.45) is 0. The highest BCUT2D eigenvalue weighted by Crippen LogP contribution is 2.14. The molecule has 0 amide bonds. The van der Waals surface area contributed by atoms with Crippen LogP contribution in [0.2, 0.25) is 0 Å². The summed E-state index contributed by atoms with van der Waals surface area (Å²) >= 11 is 0. The standard InChI is InChI=1S/C17H21N3O/c1-13-7-3-4-8-14(13)11-20(2)12-15-9-5-6-10-16(15)17(18)19-21/h3-10,21H,11-12H2,1-2H3,(H2,18,19). The number of hydrogen-bond donors (Lipinski definition) is 2. The number of hydrogen-bond acceptors (Lipinski definition) is 3. The first-order valence-corrected chi connectivity index (χ1v) is 6.90. The first-order chi connectivity index (χ1) is 10.1. The molecule has 0 heterocycles. The van der Waals surface area contributed by atoms with Gasteiger partial charge in [-0.2, -0.15) is 0 Å². The summed E-state index contributed by atoms with van der Waals surface area (Å²) in [7, 11) is 2.06. The molecule has 0 aromatic heterocycles. The number of nitrogens with two attached hydrogens (primary N) is 1. The largest absolute Gasteiger partial charge is 0.409 e. The molecular weight excluding hydrogens is 262 g/mol. The number of aryl methyl sites for hydroxylation is 1. The second-order valence-electron chi connectivity index (χ2n) is 5.24. The molecule has 0 fully saturated rings. The molecule has 0 aliphatic heterocycles. The molecule has 2 aromatic carbocycles. The van der Waals surface area contributed by atoms with Gasteiger partial charge in [-0.05, 0) is 30.7 Å². The molecule has 4 nitrogen and oxygen atoms in total. The lowest BCUT2D eigenvalue weighted by molar-refractivity contribution is 0.315. The number of oxime groups is 1. The molecule has 4 heteroatoms. The van der Waals surface area contributed by atoms with E-state index >= 15 is 0 Å². The molecule has 0 aliphatic carbocycles. The van der Waals surface area contributed by atoms with Gasteiger partial charge in [-0.15, -0.1) is 0 Å². The zero-order valence-corrected chi connectivity index (χ0v) is 12.5. The van der Waals surface area contributed by atoms with Crippen LogP contribution in [-0.2, 0) is 13.1 Å². The molecular formula is C17H21N3O. The van der Waals surface area contributed by atoms with E-state index in [-0.39, 0.29) is 5.84 Å². The van der Waals surface area contributed by atoms with Crippen molar-refractivity contribution in [3.63, 3.8) is 0 Å². The molecule has 0 radical (unpaired) electrons. The molecule has 0 spiro atoms. The van der Waals surface area contributed by atoms with Gasteiger partial charge in [0.2, 0.25) is 0 Å². The first-order valence-electron chi connectivity index (χ1n) is 6.90. The third-order valence-electron chi connectivity index (χ3n) is 3.54. The predicted octanol–water partition coefficient (Wildman–Crippen LogP) is 2.72. The van der Waals surface area contributed by atoms with Crippen molar-refractivity contribution in [2.45, 2.75) is 20.0 Å². The zero-order chi connectivity index (χ0) is 15.2. The molecule has 21 heavy (non-hydrogen) atoms. The predicted molar refractivity (Wildman–Crippen MR) is 85.3 cm³/mol. The van der Waals surface area contributed by atoms with Crippen LogP contribution in [0.25, 0.3) is 0 Å². The maximum atomic E-state index is 8.87. The van der Waals surface area contributed by atoms with Crippen molar-refractivity contribution in [3.8, 4) is 0 Å². The van der Waals surface area contributed by atoms with Gasteiger partial charge in [-0.1, -0.05) is 53.7 Å². The quantitative estimate of drug-likeness (QED) is 0.384. The van der Waals surface area contributed by atoms with E-state index in [1.807, 2.05) is 30.3 Å². The van der Waals surface area contributed by atoms with Crippen LogP contribution in [0.3, 0.4) is 0 Å². The molecule has 2 rings (SSSR count). The highest BCUT2D eigenvalue weighted by Gasteiger charge is 2.09. The van der Waals surface area contributed by atoms with Crippen LogP contribution in [0.5, 0.6) is 0 Å². The third kappa shape index (κ3) is 3.83. The minimum atomic E-state index is 0.148. The second-order valence-corrected chi connectivity index (χ2v) is 5.24. The van der Waals surface area contributed by atoms with E-state index in [1.165, 1.54) is 11.1 Å². The first kappa shape index (κ1) is 15.1. The fraction of sp³-hybridized carbons (Fsp3) is 0.235. The van der Waals surface area contributed by atoms with Crippen molar-refractivity contribution in [1.29, 1.82) is 0 Å². The lowest BCUT2D eigenvalue weighted by atomic mass is 10.1. The van der Waals surface area contributed by atoms with E-state index in [2.05, 4.69) is 42.2 Å². The third-order valence-corrected chi connectivity index (χ3v) is 3.54. The van der Waals surface area contributed by atoms with Crippen molar-refractivity contribution >= 4 is 5.84 Å². The van der Waals surface area contributed by atoms with E-state index in [4.69, 9.17) is 10.9 Å². The highest BCUT2D eigenvalue weighted by atomic mass is 16.4. The van der Waals surface area contributed by atoms with Crippen LogP contribution >= 0.6 is 0 Å². The molecule has 0 bridgehead atoms. The zero-order valence-electron chi connectivity index (χ0n) is 12.5. The summed E-state index contributed by atoms with van der Waals surface area (Å²) in [5.41, 5.74) is 10.1. The molecule has 0 unspecified atom stereocenters. The summed E-state index contributed by atoms with van der Waals surface area (Å²) in [6.45, 7) is 3.71. The lowest BCUT2D eigenvalue weighted by Gasteiger charge is -2.19. The Balaban J connectivity index is 2.14. The van der Waals surface area contributed by atoms with Crippen LogP contribution in [0.1, 0.15) is 22.3 Å². The van der Waals surface area contributed by atoms with Gasteiger partial charge in [0.1, 0.15) is 0 Å². The Labute approximate surface area is 125 Å². The smallest absolute Gasteiger partial charge is 0.170 e. The monoisotopic (exact) mass is 283 g/mol. The average Bonchev–Trinajstić information content (AvgIpc) is 2.49. The van der Waals surface area contributed by atoms with Gasteiger partial charge in [-0.3, -0.25) is 4.90 Å². The molecule has 2 aromatic rings. The normalized spacial score (nSPS) is 11.9. The Morgan fingerprint density at radius 3 is 2.29 bits per heavy atom. The average molecular weight is 283 g/mol. The molecule has 0 saturated heterocycles. The highest BCUT2D eigenvalue weighted by molar-refractivity contribution is 5.98. The fourth-order valence-electron chi connectivity index (χ4n) is 2.39. The maximum Gasteiger partial charge on any atom is 0.170 e. The number of benzene rings is 2. The molecule has 0 aliphatic rings. The molecule has 0 saturated carbocycles. The molecule has 110 valence electrons. The maximum absolute atomic E-state index is 8.87. The van der Waals surface area contributed by atoms with E-state index in [9.17, 15) is 0 Å². The van der Waals surface area contributed by atoms with Crippen molar-refractivity contribution in [1.82, 2.24) is 4.90 Å². The summed E-state index contributed by atoms with van der Waals surface area (Å²) in [5.74, 6) is 0.148. The Morgan fingerprint density at radius 2 is 1.62 bits per heavy atom. The van der Waals surface area contributed by atoms with E-state index in [1.54, 1.807) is 0 Å². The minimum absolute atomic E-state index is 0.148. The van der Waals surface area contributed by atoms with Gasteiger partial charge in [0.15, 0.2) is 5.84 Å². The van der Waals surface area contributed by atoms with Crippen LogP contribution < -0.4 is 5.73 Å². The van der Waals surface area contributed by atoms with Gasteiger partial charge < -0.3 is 10.9 Å². The van der Waals surface area contributed by atoms with Crippen LogP contribution in [0.4, 0.5) is 0 Å². The fourth-order valence-corrected chi connectivity index (χ4v) is 2.39.